The summed E-state index contributed by atoms with van der Waals surface area (Å²) in [5.41, 5.74) is -0.641. The lowest BCUT2D eigenvalue weighted by atomic mass is 10.1. The molecule has 0 N–H and O–H groups in total. The molecule has 1 aromatic rings. The monoisotopic (exact) mass is 381 g/mol. The number of esters is 1. The Balaban J connectivity index is 2.07. The molecule has 0 radical (unpaired) electrons. The Morgan fingerprint density at radius 2 is 2.12 bits per heavy atom. The molecule has 1 atom stereocenters. The first-order valence-corrected chi connectivity index (χ1v) is 9.56. The average molecular weight is 381 g/mol. The highest BCUT2D eigenvalue weighted by Crippen LogP contribution is 2.23. The van der Waals surface area contributed by atoms with Gasteiger partial charge in [0, 0.05) is 18.0 Å². The number of likely N-dealkylation sites (tertiary alicyclic amines) is 1. The third-order valence-electron chi connectivity index (χ3n) is 3.98. The Hall–Kier alpha value is -2.09. The van der Waals surface area contributed by atoms with Gasteiger partial charge in [-0.05, 0) is 51.5 Å². The van der Waals surface area contributed by atoms with E-state index < -0.39 is 36.2 Å². The summed E-state index contributed by atoms with van der Waals surface area (Å²) in [5, 5.41) is 13.0. The molecule has 1 saturated heterocycles. The highest BCUT2D eigenvalue weighted by molar-refractivity contribution is 7.09. The number of urea groups is 1. The molecule has 0 aliphatic carbocycles. The van der Waals surface area contributed by atoms with Crippen LogP contribution < -0.4 is 5.11 Å². The van der Waals surface area contributed by atoms with Crippen LogP contribution in [0.2, 0.25) is 0 Å². The average Bonchev–Trinajstić information content (AvgIpc) is 3.19. The van der Waals surface area contributed by atoms with Crippen LogP contribution in [0.15, 0.2) is 17.5 Å². The topological polar surface area (TPSA) is 90.0 Å². The molecule has 0 aromatic carbocycles. The van der Waals surface area contributed by atoms with Crippen LogP contribution in [0.1, 0.15) is 38.5 Å². The summed E-state index contributed by atoms with van der Waals surface area (Å²) < 4.78 is 5.40. The van der Waals surface area contributed by atoms with E-state index in [1.807, 2.05) is 17.5 Å². The Morgan fingerprint density at radius 1 is 1.38 bits per heavy atom. The third kappa shape index (κ3) is 5.72. The molecule has 144 valence electrons. The van der Waals surface area contributed by atoms with Gasteiger partial charge in [-0.1, -0.05) is 6.07 Å². The molecule has 1 unspecified atom stereocenters. The first-order chi connectivity index (χ1) is 12.2. The minimum Gasteiger partial charge on any atom is -0.548 e. The number of hydrogen-bond donors (Lipinski definition) is 0. The van der Waals surface area contributed by atoms with Gasteiger partial charge in [0.25, 0.3) is 0 Å². The maximum absolute atomic E-state index is 12.9. The zero-order valence-electron chi connectivity index (χ0n) is 15.4. The fourth-order valence-corrected chi connectivity index (χ4v) is 3.59. The largest absolute Gasteiger partial charge is 0.548 e. The molecule has 1 aromatic heterocycles. The zero-order valence-corrected chi connectivity index (χ0v) is 16.2. The predicted octanol–water partition coefficient (Wildman–Crippen LogP) is 1.27. The second-order valence-electron chi connectivity index (χ2n) is 7.29. The number of rotatable bonds is 6. The number of carboxylic acid groups (broad SMARTS) is 1. The van der Waals surface area contributed by atoms with E-state index in [4.69, 9.17) is 4.74 Å². The second kappa shape index (κ2) is 8.53. The molecule has 7 nitrogen and oxygen atoms in total. The summed E-state index contributed by atoms with van der Waals surface area (Å²) >= 11 is 1.55. The van der Waals surface area contributed by atoms with E-state index in [-0.39, 0.29) is 6.54 Å². The second-order valence-corrected chi connectivity index (χ2v) is 8.32. The molecule has 8 heteroatoms. The number of ether oxygens (including phenoxy) is 1. The van der Waals surface area contributed by atoms with Gasteiger partial charge in [-0.15, -0.1) is 11.3 Å². The molecule has 1 aliphatic rings. The van der Waals surface area contributed by atoms with Crippen LogP contribution in [0.3, 0.4) is 0 Å². The maximum Gasteiger partial charge on any atom is 0.329 e. The van der Waals surface area contributed by atoms with E-state index in [0.29, 0.717) is 25.8 Å². The van der Waals surface area contributed by atoms with E-state index in [0.717, 1.165) is 4.88 Å². The van der Waals surface area contributed by atoms with E-state index in [1.54, 1.807) is 32.1 Å². The molecule has 0 spiro atoms. The van der Waals surface area contributed by atoms with Crippen molar-refractivity contribution >= 4 is 29.3 Å². The van der Waals surface area contributed by atoms with Crippen LogP contribution in [-0.2, 0) is 20.7 Å². The van der Waals surface area contributed by atoms with Crippen molar-refractivity contribution in [1.29, 1.82) is 0 Å². The summed E-state index contributed by atoms with van der Waals surface area (Å²) in [6, 6.07) is 2.71. The van der Waals surface area contributed by atoms with Crippen LogP contribution in [0.25, 0.3) is 0 Å². The normalized spacial score (nSPS) is 17.2. The summed E-state index contributed by atoms with van der Waals surface area (Å²) in [5.74, 6) is -1.77. The van der Waals surface area contributed by atoms with Crippen LogP contribution in [0.4, 0.5) is 4.79 Å². The van der Waals surface area contributed by atoms with Gasteiger partial charge >= 0.3 is 12.0 Å². The Kier molecular flexibility index (Phi) is 6.63. The van der Waals surface area contributed by atoms with Crippen molar-refractivity contribution in [3.8, 4) is 0 Å². The van der Waals surface area contributed by atoms with E-state index in [1.165, 1.54) is 9.80 Å². The lowest BCUT2D eigenvalue weighted by Crippen LogP contribution is -2.52. The summed E-state index contributed by atoms with van der Waals surface area (Å²) in [6.07, 6.45) is 1.76. The summed E-state index contributed by atoms with van der Waals surface area (Å²) in [6.45, 7) is 5.48. The zero-order chi connectivity index (χ0) is 19.3. The quantitative estimate of drug-likeness (QED) is 0.692. The lowest BCUT2D eigenvalue weighted by Gasteiger charge is -2.32. The van der Waals surface area contributed by atoms with Gasteiger partial charge in [0.05, 0.1) is 12.5 Å². The molecule has 0 saturated carbocycles. The standard InChI is InChI=1S/C18H26N2O5S/c1-18(2,3)25-16(23)14-7-4-9-20(14)17(24)19(12-15(21)22)10-8-13-6-5-11-26-13/h5-6,11,14H,4,7-10,12H2,1-3H3,(H,21,22)/p-1. The molecule has 26 heavy (non-hydrogen) atoms. The van der Waals surface area contributed by atoms with Gasteiger partial charge in [-0.2, -0.15) is 0 Å². The van der Waals surface area contributed by atoms with Crippen molar-refractivity contribution in [3.63, 3.8) is 0 Å². The molecule has 2 heterocycles. The minimum atomic E-state index is -1.32. The minimum absolute atomic E-state index is 0.255. The first-order valence-electron chi connectivity index (χ1n) is 8.68. The Morgan fingerprint density at radius 3 is 2.69 bits per heavy atom. The first kappa shape index (κ1) is 20.2. The SMILES string of the molecule is CC(C)(C)OC(=O)C1CCCN1C(=O)N(CCc1cccs1)CC(=O)[O-]. The molecule has 1 fully saturated rings. The fourth-order valence-electron chi connectivity index (χ4n) is 2.89. The summed E-state index contributed by atoms with van der Waals surface area (Å²) in [7, 11) is 0. The Bertz CT molecular complexity index is 639. The molecule has 2 amide bonds. The van der Waals surface area contributed by atoms with Crippen LogP contribution >= 0.6 is 11.3 Å². The van der Waals surface area contributed by atoms with Crippen molar-refractivity contribution < 1.29 is 24.2 Å². The van der Waals surface area contributed by atoms with Gasteiger partial charge in [0.1, 0.15) is 11.6 Å². The lowest BCUT2D eigenvalue weighted by molar-refractivity contribution is -0.305. The number of carbonyl (C=O) groups is 3. The third-order valence-corrected chi connectivity index (χ3v) is 4.91. The summed E-state index contributed by atoms with van der Waals surface area (Å²) in [4.78, 5) is 40.1. The van der Waals surface area contributed by atoms with Gasteiger partial charge in [0.15, 0.2) is 0 Å². The number of carbonyl (C=O) groups excluding carboxylic acids is 3. The molecule has 2 rings (SSSR count). The van der Waals surface area contributed by atoms with Crippen LogP contribution in [-0.4, -0.2) is 59.0 Å². The molecular weight excluding hydrogens is 356 g/mol. The van der Waals surface area contributed by atoms with Gasteiger partial charge < -0.3 is 24.4 Å². The van der Waals surface area contributed by atoms with E-state index in [9.17, 15) is 19.5 Å². The van der Waals surface area contributed by atoms with E-state index in [2.05, 4.69) is 0 Å². The number of thiophene rings is 1. The fraction of sp³-hybridized carbons (Fsp3) is 0.611. The number of hydrogen-bond acceptors (Lipinski definition) is 6. The smallest absolute Gasteiger partial charge is 0.329 e. The maximum atomic E-state index is 12.9. The highest BCUT2D eigenvalue weighted by atomic mass is 32.1. The van der Waals surface area contributed by atoms with E-state index >= 15 is 0 Å². The Labute approximate surface area is 157 Å². The van der Waals surface area contributed by atoms with Gasteiger partial charge in [0.2, 0.25) is 0 Å². The molecule has 0 bridgehead atoms. The van der Waals surface area contributed by atoms with Crippen molar-refractivity contribution in [2.75, 3.05) is 19.6 Å². The number of amides is 2. The predicted molar refractivity (Wildman–Crippen MR) is 95.6 cm³/mol. The number of nitrogens with zero attached hydrogens (tertiary/aromatic N) is 2. The van der Waals surface area contributed by atoms with Crippen LogP contribution in [0, 0.1) is 0 Å². The molecule has 1 aliphatic heterocycles. The van der Waals surface area contributed by atoms with Gasteiger partial charge in [-0.3, -0.25) is 0 Å². The van der Waals surface area contributed by atoms with Crippen molar-refractivity contribution in [3.05, 3.63) is 22.4 Å². The van der Waals surface area contributed by atoms with Crippen LogP contribution in [0.5, 0.6) is 0 Å². The van der Waals surface area contributed by atoms with Gasteiger partial charge in [-0.25, -0.2) is 9.59 Å². The van der Waals surface area contributed by atoms with Crippen molar-refractivity contribution in [2.45, 2.75) is 51.7 Å². The molecular formula is C18H25N2O5S-. The number of aliphatic carboxylic acids is 1. The highest BCUT2D eigenvalue weighted by Gasteiger charge is 2.38. The van der Waals surface area contributed by atoms with Crippen molar-refractivity contribution in [2.24, 2.45) is 0 Å². The van der Waals surface area contributed by atoms with Crippen molar-refractivity contribution in [1.82, 2.24) is 9.80 Å². The number of carboxylic acids is 1.